The van der Waals surface area contributed by atoms with Gasteiger partial charge in [0, 0.05) is 11.9 Å². The summed E-state index contributed by atoms with van der Waals surface area (Å²) < 4.78 is 0. The zero-order valence-corrected chi connectivity index (χ0v) is 7.02. The summed E-state index contributed by atoms with van der Waals surface area (Å²) in [6.07, 6.45) is 3.08. The summed E-state index contributed by atoms with van der Waals surface area (Å²) in [5.74, 6) is 0. The first-order valence-corrected chi connectivity index (χ1v) is 3.49. The van der Waals surface area contributed by atoms with Crippen molar-refractivity contribution in [3.8, 4) is 0 Å². The Morgan fingerprint density at radius 2 is 2.54 bits per heavy atom. The van der Waals surface area contributed by atoms with Crippen LogP contribution in [0.1, 0.15) is 5.69 Å². The molecule has 1 aromatic heterocycles. The van der Waals surface area contributed by atoms with Crippen molar-refractivity contribution >= 4 is 17.7 Å². The van der Waals surface area contributed by atoms with E-state index in [1.165, 1.54) is 19.4 Å². The molecule has 0 saturated carbocycles. The summed E-state index contributed by atoms with van der Waals surface area (Å²) in [6, 6.07) is 3.13. The van der Waals surface area contributed by atoms with Crippen LogP contribution in [0.25, 0.3) is 0 Å². The van der Waals surface area contributed by atoms with E-state index < -0.39 is 0 Å². The number of rotatable bonds is 3. The molecule has 0 aromatic carbocycles. The van der Waals surface area contributed by atoms with Gasteiger partial charge in [-0.3, -0.25) is 9.78 Å². The number of nitrogens with zero attached hydrogens (tertiary/aromatic N) is 2. The van der Waals surface area contributed by atoms with Gasteiger partial charge in [0.25, 0.3) is 6.29 Å². The van der Waals surface area contributed by atoms with Crippen molar-refractivity contribution in [1.29, 1.82) is 0 Å². The monoisotopic (exact) mass is 178 g/mol. The molecule has 5 nitrogen and oxygen atoms in total. The summed E-state index contributed by atoms with van der Waals surface area (Å²) in [4.78, 5) is 18.7. The molecule has 1 aromatic rings. The summed E-state index contributed by atoms with van der Waals surface area (Å²) >= 11 is 0. The standard InChI is InChI=1S/C8H8N3O2/c1-13-11-8(5-12)7-4-6(9)2-3-10-7/h2-4H,1H3,(H2,9,10)/b11-8+. The quantitative estimate of drug-likeness (QED) is 0.527. The van der Waals surface area contributed by atoms with Crippen LogP contribution < -0.4 is 5.73 Å². The summed E-state index contributed by atoms with van der Waals surface area (Å²) in [7, 11) is 1.34. The van der Waals surface area contributed by atoms with Gasteiger partial charge in [-0.2, -0.15) is 0 Å². The zero-order valence-electron chi connectivity index (χ0n) is 7.02. The first-order valence-electron chi connectivity index (χ1n) is 3.49. The van der Waals surface area contributed by atoms with Crippen molar-refractivity contribution < 1.29 is 9.63 Å². The fourth-order valence-corrected chi connectivity index (χ4v) is 0.785. The Labute approximate surface area is 75.2 Å². The van der Waals surface area contributed by atoms with Gasteiger partial charge in [-0.1, -0.05) is 5.16 Å². The fourth-order valence-electron chi connectivity index (χ4n) is 0.785. The number of aromatic nitrogens is 1. The van der Waals surface area contributed by atoms with Gasteiger partial charge in [0.1, 0.15) is 7.11 Å². The van der Waals surface area contributed by atoms with Crippen LogP contribution in [0.4, 0.5) is 5.69 Å². The SMILES string of the molecule is CO/N=C(\[C]=O)c1cc(N)ccn1. The highest BCUT2D eigenvalue weighted by Crippen LogP contribution is 2.03. The molecule has 1 rings (SSSR count). The number of pyridine rings is 1. The molecular formula is C8H8N3O2. The van der Waals surface area contributed by atoms with E-state index in [4.69, 9.17) is 5.73 Å². The molecule has 2 N–H and O–H groups in total. The second-order valence-electron chi connectivity index (χ2n) is 2.20. The van der Waals surface area contributed by atoms with Gasteiger partial charge in [-0.25, -0.2) is 0 Å². The topological polar surface area (TPSA) is 77.6 Å². The van der Waals surface area contributed by atoms with Gasteiger partial charge in [-0.05, 0) is 12.1 Å². The highest BCUT2D eigenvalue weighted by Gasteiger charge is 2.05. The minimum atomic E-state index is -0.00481. The number of nitrogen functional groups attached to an aromatic ring is 1. The Morgan fingerprint density at radius 3 is 3.08 bits per heavy atom. The van der Waals surface area contributed by atoms with E-state index in [1.807, 2.05) is 0 Å². The molecular weight excluding hydrogens is 170 g/mol. The number of anilines is 1. The van der Waals surface area contributed by atoms with Gasteiger partial charge < -0.3 is 10.6 Å². The smallest absolute Gasteiger partial charge is 0.259 e. The number of carbonyl (C=O) groups excluding carboxylic acids is 1. The Kier molecular flexibility index (Phi) is 2.97. The Hall–Kier alpha value is -1.91. The number of nitrogens with two attached hydrogens (primary N) is 1. The lowest BCUT2D eigenvalue weighted by molar-refractivity contribution is 0.214. The maximum atomic E-state index is 10.4. The molecule has 1 radical (unpaired) electrons. The van der Waals surface area contributed by atoms with Gasteiger partial charge >= 0.3 is 0 Å². The fraction of sp³-hybridized carbons (Fsp3) is 0.125. The van der Waals surface area contributed by atoms with Gasteiger partial charge in [0.2, 0.25) is 0 Å². The lowest BCUT2D eigenvalue weighted by Crippen LogP contribution is -2.06. The number of hydrogen-bond donors (Lipinski definition) is 1. The third-order valence-corrected chi connectivity index (χ3v) is 1.31. The maximum Gasteiger partial charge on any atom is 0.259 e. The highest BCUT2D eigenvalue weighted by molar-refractivity contribution is 6.35. The molecule has 0 aliphatic carbocycles. The van der Waals surface area contributed by atoms with Crippen LogP contribution in [-0.4, -0.2) is 24.1 Å². The van der Waals surface area contributed by atoms with Crippen LogP contribution in [0.2, 0.25) is 0 Å². The van der Waals surface area contributed by atoms with Crippen molar-refractivity contribution in [1.82, 2.24) is 4.98 Å². The van der Waals surface area contributed by atoms with Crippen molar-refractivity contribution in [3.63, 3.8) is 0 Å². The van der Waals surface area contributed by atoms with E-state index in [-0.39, 0.29) is 5.71 Å². The normalized spacial score (nSPS) is 11.0. The molecule has 0 unspecified atom stereocenters. The summed E-state index contributed by atoms with van der Waals surface area (Å²) in [5, 5.41) is 3.43. The van der Waals surface area contributed by atoms with Crippen molar-refractivity contribution in [2.75, 3.05) is 12.8 Å². The average molecular weight is 178 g/mol. The largest absolute Gasteiger partial charge is 0.399 e. The predicted molar refractivity (Wildman–Crippen MR) is 47.9 cm³/mol. The molecule has 0 aliphatic rings. The van der Waals surface area contributed by atoms with E-state index in [0.29, 0.717) is 11.4 Å². The molecule has 0 spiro atoms. The van der Waals surface area contributed by atoms with Crippen LogP contribution in [-0.2, 0) is 9.63 Å². The molecule has 0 aliphatic heterocycles. The van der Waals surface area contributed by atoms with E-state index in [9.17, 15) is 4.79 Å². The minimum absolute atomic E-state index is 0.00481. The molecule has 0 atom stereocenters. The average Bonchev–Trinajstić information content (AvgIpc) is 2.14. The van der Waals surface area contributed by atoms with Gasteiger partial charge in [0.05, 0.1) is 5.69 Å². The Morgan fingerprint density at radius 1 is 1.77 bits per heavy atom. The minimum Gasteiger partial charge on any atom is -0.399 e. The highest BCUT2D eigenvalue weighted by atomic mass is 16.6. The molecule has 13 heavy (non-hydrogen) atoms. The van der Waals surface area contributed by atoms with E-state index in [2.05, 4.69) is 15.0 Å². The summed E-state index contributed by atoms with van der Waals surface area (Å²) in [5.41, 5.74) is 6.32. The van der Waals surface area contributed by atoms with Crippen LogP contribution in [0.15, 0.2) is 23.5 Å². The first kappa shape index (κ1) is 9.18. The third-order valence-electron chi connectivity index (χ3n) is 1.31. The lowest BCUT2D eigenvalue weighted by atomic mass is 10.2. The molecule has 1 heterocycles. The van der Waals surface area contributed by atoms with Crippen molar-refractivity contribution in [3.05, 3.63) is 24.0 Å². The second kappa shape index (κ2) is 4.20. The van der Waals surface area contributed by atoms with Crippen LogP contribution in [0, 0.1) is 0 Å². The van der Waals surface area contributed by atoms with Gasteiger partial charge in [-0.15, -0.1) is 0 Å². The lowest BCUT2D eigenvalue weighted by Gasteiger charge is -1.97. The summed E-state index contributed by atoms with van der Waals surface area (Å²) in [6.45, 7) is 0. The van der Waals surface area contributed by atoms with Crippen LogP contribution >= 0.6 is 0 Å². The third kappa shape index (κ3) is 2.26. The molecule has 0 amide bonds. The predicted octanol–water partition coefficient (Wildman–Crippen LogP) is 0.124. The van der Waals surface area contributed by atoms with Crippen molar-refractivity contribution in [2.45, 2.75) is 0 Å². The number of hydrogen-bond acceptors (Lipinski definition) is 5. The van der Waals surface area contributed by atoms with E-state index in [1.54, 1.807) is 12.4 Å². The van der Waals surface area contributed by atoms with E-state index >= 15 is 0 Å². The maximum absolute atomic E-state index is 10.4. The zero-order chi connectivity index (χ0) is 9.68. The first-order chi connectivity index (χ1) is 6.27. The molecule has 5 heteroatoms. The number of oxime groups is 1. The van der Waals surface area contributed by atoms with Crippen LogP contribution in [0.5, 0.6) is 0 Å². The van der Waals surface area contributed by atoms with E-state index in [0.717, 1.165) is 0 Å². The molecule has 0 fully saturated rings. The molecule has 0 saturated heterocycles. The van der Waals surface area contributed by atoms with Crippen molar-refractivity contribution in [2.24, 2.45) is 5.16 Å². The second-order valence-corrected chi connectivity index (χ2v) is 2.20. The Bertz CT molecular complexity index is 336. The van der Waals surface area contributed by atoms with Gasteiger partial charge in [0.15, 0.2) is 5.71 Å². The van der Waals surface area contributed by atoms with Crippen LogP contribution in [0.3, 0.4) is 0 Å². The Balaban J connectivity index is 3.05. The molecule has 0 bridgehead atoms. The molecule has 67 valence electrons.